The molecule has 33 heavy (non-hydrogen) atoms. The number of aromatic nitrogens is 2. The molecule has 2 aromatic heterocycles. The first-order chi connectivity index (χ1) is 16.0. The smallest absolute Gasteiger partial charge is 0.449 e. The van der Waals surface area contributed by atoms with Crippen LogP contribution in [0.5, 0.6) is 0 Å². The number of amides is 1. The molecular weight excluding hydrogens is 450 g/mol. The number of nitrogens with one attached hydrogen (secondary N) is 1. The van der Waals surface area contributed by atoms with E-state index in [2.05, 4.69) is 15.5 Å². The number of rotatable bonds is 7. The third-order valence-electron chi connectivity index (χ3n) is 6.47. The molecule has 1 saturated carbocycles. The largest absolute Gasteiger partial charge is 0.511 e. The second-order valence-corrected chi connectivity index (χ2v) is 9.52. The van der Waals surface area contributed by atoms with Crippen LogP contribution in [0.1, 0.15) is 41.9 Å². The summed E-state index contributed by atoms with van der Waals surface area (Å²) in [6, 6.07) is 0. The van der Waals surface area contributed by atoms with E-state index in [1.807, 2.05) is 0 Å². The van der Waals surface area contributed by atoms with Gasteiger partial charge < -0.3 is 29.2 Å². The summed E-state index contributed by atoms with van der Waals surface area (Å²) in [7, 11) is 1.61. The first-order valence-corrected chi connectivity index (χ1v) is 11.9. The van der Waals surface area contributed by atoms with Gasteiger partial charge >= 0.3 is 6.16 Å². The molecule has 2 aromatic rings. The number of hydrogen-bond acceptors (Lipinski definition) is 9. The van der Waals surface area contributed by atoms with E-state index in [0.717, 1.165) is 36.1 Å². The van der Waals surface area contributed by atoms with E-state index in [1.165, 1.54) is 11.3 Å². The lowest BCUT2D eigenvalue weighted by molar-refractivity contribution is -0.114. The lowest BCUT2D eigenvalue weighted by atomic mass is 9.70. The summed E-state index contributed by atoms with van der Waals surface area (Å²) in [5, 5.41) is 16.9. The molecule has 2 N–H and O–H groups in total. The van der Waals surface area contributed by atoms with Gasteiger partial charge in [-0.05, 0) is 43.6 Å². The Morgan fingerprint density at radius 3 is 2.79 bits per heavy atom. The molecule has 3 aliphatic carbocycles. The number of nitrogens with zero attached hydrogens (tertiary/aromatic N) is 2. The van der Waals surface area contributed by atoms with Gasteiger partial charge in [0.2, 0.25) is 0 Å². The van der Waals surface area contributed by atoms with Crippen molar-refractivity contribution in [2.45, 2.75) is 45.1 Å². The van der Waals surface area contributed by atoms with Crippen molar-refractivity contribution in [3.63, 3.8) is 0 Å². The fraction of sp³-hybridized carbons (Fsp3) is 0.545. The predicted octanol–water partition coefficient (Wildman–Crippen LogP) is 3.77. The maximum Gasteiger partial charge on any atom is 0.511 e. The Balaban J connectivity index is 1.49. The van der Waals surface area contributed by atoms with Crippen LogP contribution in [0, 0.1) is 11.8 Å². The maximum atomic E-state index is 13.4. The molecule has 0 unspecified atom stereocenters. The van der Waals surface area contributed by atoms with Gasteiger partial charge in [-0.25, -0.2) is 4.79 Å². The van der Waals surface area contributed by atoms with Crippen LogP contribution in [0.4, 0.5) is 9.80 Å². The number of anilines is 1. The Morgan fingerprint density at radius 2 is 2.03 bits per heavy atom. The third kappa shape index (κ3) is 4.28. The van der Waals surface area contributed by atoms with Gasteiger partial charge in [0.05, 0.1) is 31.0 Å². The van der Waals surface area contributed by atoms with Gasteiger partial charge in [-0.15, -0.1) is 11.3 Å². The van der Waals surface area contributed by atoms with E-state index < -0.39 is 6.16 Å². The van der Waals surface area contributed by atoms with Gasteiger partial charge in [-0.2, -0.15) is 4.98 Å². The van der Waals surface area contributed by atoms with Crippen LogP contribution in [0.3, 0.4) is 0 Å². The Bertz CT molecular complexity index is 1100. The summed E-state index contributed by atoms with van der Waals surface area (Å²) < 4.78 is 21.3. The van der Waals surface area contributed by atoms with Crippen molar-refractivity contribution >= 4 is 28.4 Å². The Kier molecular flexibility index (Phi) is 6.17. The van der Waals surface area contributed by atoms with E-state index in [-0.39, 0.29) is 17.7 Å². The number of ether oxygens (including phenoxy) is 3. The number of allylic oxidation sites excluding steroid dienone is 1. The first kappa shape index (κ1) is 22.1. The molecule has 10 nitrogen and oxygen atoms in total. The monoisotopic (exact) mass is 475 g/mol. The van der Waals surface area contributed by atoms with Crippen LogP contribution in [0.2, 0.25) is 0 Å². The molecule has 1 fully saturated rings. The Morgan fingerprint density at radius 1 is 1.24 bits per heavy atom. The molecule has 4 aliphatic rings. The number of thiophene rings is 1. The average Bonchev–Trinajstić information content (AvgIpc) is 3.41. The number of carboxylic acid groups (broad SMARTS) is 1. The van der Waals surface area contributed by atoms with Gasteiger partial charge in [-0.3, -0.25) is 4.79 Å². The summed E-state index contributed by atoms with van der Waals surface area (Å²) in [5.41, 5.74) is 2.19. The van der Waals surface area contributed by atoms with Gasteiger partial charge in [0.25, 0.3) is 11.8 Å². The predicted molar refractivity (Wildman–Crippen MR) is 117 cm³/mol. The molecule has 2 bridgehead atoms. The molecule has 0 atom stereocenters. The molecule has 6 rings (SSSR count). The number of hydrogen-bond donors (Lipinski definition) is 2. The second kappa shape index (κ2) is 9.24. The molecule has 1 aliphatic heterocycles. The highest BCUT2D eigenvalue weighted by Gasteiger charge is 2.41. The highest BCUT2D eigenvalue weighted by Crippen LogP contribution is 2.47. The van der Waals surface area contributed by atoms with Crippen LogP contribution in [-0.2, 0) is 38.5 Å². The van der Waals surface area contributed by atoms with Crippen LogP contribution < -0.4 is 5.32 Å². The van der Waals surface area contributed by atoms with Crippen LogP contribution in [0.25, 0.3) is 11.5 Å². The first-order valence-electron chi connectivity index (χ1n) is 11.1. The zero-order chi connectivity index (χ0) is 22.9. The Hall–Kier alpha value is -2.76. The molecule has 0 radical (unpaired) electrons. The van der Waals surface area contributed by atoms with E-state index in [1.54, 1.807) is 7.11 Å². The van der Waals surface area contributed by atoms with Gasteiger partial charge in [-0.1, -0.05) is 5.16 Å². The SMILES string of the molecule is COCCc1noc(-c2c(NC(=O)C3=C(OC(=O)O)C4CCC3CC4)sc3c2CCOC3)n1. The van der Waals surface area contributed by atoms with Crippen molar-refractivity contribution in [2.75, 3.05) is 25.6 Å². The highest BCUT2D eigenvalue weighted by molar-refractivity contribution is 7.17. The van der Waals surface area contributed by atoms with Crippen molar-refractivity contribution in [1.82, 2.24) is 10.1 Å². The summed E-state index contributed by atoms with van der Waals surface area (Å²) in [6.45, 7) is 1.50. The minimum Gasteiger partial charge on any atom is -0.449 e. The molecule has 0 spiro atoms. The van der Waals surface area contributed by atoms with Crippen LogP contribution in [-0.4, -0.2) is 47.6 Å². The minimum atomic E-state index is -1.39. The Labute approximate surface area is 193 Å². The topological polar surface area (TPSA) is 133 Å². The van der Waals surface area contributed by atoms with Gasteiger partial charge in [0.15, 0.2) is 5.82 Å². The summed E-state index contributed by atoms with van der Waals surface area (Å²) in [4.78, 5) is 30.2. The lowest BCUT2D eigenvalue weighted by Gasteiger charge is -2.37. The molecular formula is C22H25N3O7S. The molecule has 176 valence electrons. The summed E-state index contributed by atoms with van der Waals surface area (Å²) >= 11 is 1.42. The molecule has 0 aromatic carbocycles. The average molecular weight is 476 g/mol. The van der Waals surface area contributed by atoms with Gasteiger partial charge in [0.1, 0.15) is 10.8 Å². The van der Waals surface area contributed by atoms with Crippen LogP contribution >= 0.6 is 11.3 Å². The van der Waals surface area contributed by atoms with Crippen molar-refractivity contribution in [3.05, 3.63) is 27.6 Å². The van der Waals surface area contributed by atoms with Gasteiger partial charge in [0, 0.05) is 24.3 Å². The number of fused-ring (bicyclic) bond motifs is 3. The fourth-order valence-corrected chi connectivity index (χ4v) is 6.13. The number of carbonyl (C=O) groups excluding carboxylic acids is 1. The zero-order valence-corrected chi connectivity index (χ0v) is 19.0. The fourth-order valence-electron chi connectivity index (χ4n) is 4.96. The number of methoxy groups -OCH3 is 1. The summed E-state index contributed by atoms with van der Waals surface area (Å²) in [6.07, 6.45) is 3.19. The third-order valence-corrected chi connectivity index (χ3v) is 7.59. The molecule has 3 heterocycles. The van der Waals surface area contributed by atoms with Crippen LogP contribution in [0.15, 0.2) is 15.9 Å². The van der Waals surface area contributed by atoms with E-state index >= 15 is 0 Å². The maximum absolute atomic E-state index is 13.4. The quantitative estimate of drug-likeness (QED) is 0.574. The van der Waals surface area contributed by atoms with E-state index in [0.29, 0.717) is 66.3 Å². The number of carbonyl (C=O) groups is 2. The van der Waals surface area contributed by atoms with Crippen molar-refractivity contribution in [2.24, 2.45) is 11.8 Å². The second-order valence-electron chi connectivity index (χ2n) is 8.42. The highest BCUT2D eigenvalue weighted by atomic mass is 32.1. The van der Waals surface area contributed by atoms with E-state index in [4.69, 9.17) is 18.7 Å². The molecule has 11 heteroatoms. The lowest BCUT2D eigenvalue weighted by Crippen LogP contribution is -2.34. The zero-order valence-electron chi connectivity index (χ0n) is 18.2. The minimum absolute atomic E-state index is 0.00484. The molecule has 1 amide bonds. The standard InChI is InChI=1S/C22H25N3O7S/c1-29-8-7-15-23-20(32-25-15)17-13-6-9-30-10-14(13)33-21(17)24-19(26)16-11-2-4-12(5-3-11)18(16)31-22(27)28/h11-12H,2-10H2,1H3,(H,24,26)(H,27,28). The van der Waals surface area contributed by atoms with E-state index in [9.17, 15) is 14.7 Å². The van der Waals surface area contributed by atoms with Crippen molar-refractivity contribution in [3.8, 4) is 11.5 Å². The normalized spacial score (nSPS) is 21.7. The van der Waals surface area contributed by atoms with Crippen molar-refractivity contribution in [1.29, 1.82) is 0 Å². The van der Waals surface area contributed by atoms with Crippen molar-refractivity contribution < 1.29 is 33.4 Å². The summed E-state index contributed by atoms with van der Waals surface area (Å²) in [5.74, 6) is 0.803. The molecule has 0 saturated heterocycles.